The predicted octanol–water partition coefficient (Wildman–Crippen LogP) is 3.67. The first-order chi connectivity index (χ1) is 10.3. The van der Waals surface area contributed by atoms with Crippen LogP contribution in [0.1, 0.15) is 49.4 Å². The summed E-state index contributed by atoms with van der Waals surface area (Å²) in [7, 11) is 0. The molecule has 0 aromatic heterocycles. The number of benzene rings is 1. The number of hydrogen-bond acceptors (Lipinski definition) is 2. The second kappa shape index (κ2) is 6.50. The molecule has 3 nitrogen and oxygen atoms in total. The van der Waals surface area contributed by atoms with Gasteiger partial charge >= 0.3 is 0 Å². The number of rotatable bonds is 6. The molecule has 1 amide bonds. The molecule has 2 N–H and O–H groups in total. The van der Waals surface area contributed by atoms with Crippen LogP contribution in [0.2, 0.25) is 0 Å². The van der Waals surface area contributed by atoms with Gasteiger partial charge in [-0.15, -0.1) is 0 Å². The van der Waals surface area contributed by atoms with E-state index in [-0.39, 0.29) is 5.91 Å². The number of nitrogens with one attached hydrogen (secondary N) is 2. The zero-order chi connectivity index (χ0) is 14.7. The van der Waals surface area contributed by atoms with Crippen molar-refractivity contribution in [2.75, 3.05) is 18.4 Å². The van der Waals surface area contributed by atoms with Gasteiger partial charge < -0.3 is 10.6 Å². The third kappa shape index (κ3) is 3.39. The van der Waals surface area contributed by atoms with E-state index in [1.165, 1.54) is 25.7 Å². The van der Waals surface area contributed by atoms with E-state index in [4.69, 9.17) is 0 Å². The maximum atomic E-state index is 12.2. The Labute approximate surface area is 127 Å². The molecule has 0 radical (unpaired) electrons. The largest absolute Gasteiger partial charge is 0.385 e. The Hall–Kier alpha value is -1.51. The average Bonchev–Trinajstić information content (AvgIpc) is 3.14. The minimum absolute atomic E-state index is 0.0693. The number of fused-ring (bicyclic) bond motifs is 2. The van der Waals surface area contributed by atoms with Gasteiger partial charge in [0.05, 0.1) is 0 Å². The molecule has 3 heteroatoms. The summed E-state index contributed by atoms with van der Waals surface area (Å²) in [5.41, 5.74) is 1.85. The standard InChI is InChI=1S/C18H26N2O/c1-2-9-19-17-7-5-14(6-8-17)18(21)20-12-16-11-13-3-4-15(16)10-13/h5-8,13,15-16,19H,2-4,9-12H2,1H3,(H,20,21). The number of amides is 1. The lowest BCUT2D eigenvalue weighted by Gasteiger charge is -2.21. The van der Waals surface area contributed by atoms with Crippen molar-refractivity contribution in [3.8, 4) is 0 Å². The molecule has 0 spiro atoms. The molecule has 1 aromatic carbocycles. The van der Waals surface area contributed by atoms with Gasteiger partial charge in [-0.1, -0.05) is 13.3 Å². The van der Waals surface area contributed by atoms with Crippen molar-refractivity contribution in [3.05, 3.63) is 29.8 Å². The first kappa shape index (κ1) is 14.4. The molecular formula is C18H26N2O. The summed E-state index contributed by atoms with van der Waals surface area (Å²) in [5, 5.41) is 6.45. The molecule has 114 valence electrons. The SMILES string of the molecule is CCCNc1ccc(C(=O)NCC2CC3CCC2C3)cc1. The molecule has 3 atom stereocenters. The lowest BCUT2D eigenvalue weighted by atomic mass is 9.89. The summed E-state index contributed by atoms with van der Waals surface area (Å²) < 4.78 is 0. The fourth-order valence-corrected chi connectivity index (χ4v) is 3.96. The fraction of sp³-hybridized carbons (Fsp3) is 0.611. The van der Waals surface area contributed by atoms with Gasteiger partial charge in [0.15, 0.2) is 0 Å². The summed E-state index contributed by atoms with van der Waals surface area (Å²) in [5.74, 6) is 2.61. The monoisotopic (exact) mass is 286 g/mol. The smallest absolute Gasteiger partial charge is 0.251 e. The van der Waals surface area contributed by atoms with E-state index >= 15 is 0 Å². The van der Waals surface area contributed by atoms with Crippen molar-refractivity contribution < 1.29 is 4.79 Å². The van der Waals surface area contributed by atoms with E-state index in [2.05, 4.69) is 17.6 Å². The zero-order valence-corrected chi connectivity index (χ0v) is 12.9. The molecule has 2 aliphatic carbocycles. The highest BCUT2D eigenvalue weighted by Crippen LogP contribution is 2.47. The Morgan fingerprint density at radius 2 is 2.00 bits per heavy atom. The Morgan fingerprint density at radius 1 is 1.19 bits per heavy atom. The van der Waals surface area contributed by atoms with Crippen molar-refractivity contribution in [1.29, 1.82) is 0 Å². The van der Waals surface area contributed by atoms with Crippen molar-refractivity contribution in [3.63, 3.8) is 0 Å². The predicted molar refractivity (Wildman–Crippen MR) is 86.5 cm³/mol. The molecule has 0 heterocycles. The van der Waals surface area contributed by atoms with E-state index < -0.39 is 0 Å². The molecule has 3 unspecified atom stereocenters. The first-order valence-electron chi connectivity index (χ1n) is 8.38. The maximum Gasteiger partial charge on any atom is 0.251 e. The van der Waals surface area contributed by atoms with Crippen molar-refractivity contribution in [2.24, 2.45) is 17.8 Å². The summed E-state index contributed by atoms with van der Waals surface area (Å²) in [6.45, 7) is 3.97. The lowest BCUT2D eigenvalue weighted by Crippen LogP contribution is -2.31. The normalized spacial score (nSPS) is 26.8. The summed E-state index contributed by atoms with van der Waals surface area (Å²) >= 11 is 0. The van der Waals surface area contributed by atoms with Crippen LogP contribution in [0, 0.1) is 17.8 Å². The molecule has 0 saturated heterocycles. The molecular weight excluding hydrogens is 260 g/mol. The van der Waals surface area contributed by atoms with Crippen molar-refractivity contribution in [2.45, 2.75) is 39.0 Å². The highest BCUT2D eigenvalue weighted by Gasteiger charge is 2.39. The number of carbonyl (C=O) groups is 1. The Morgan fingerprint density at radius 3 is 2.62 bits per heavy atom. The molecule has 1 aromatic rings. The second-order valence-corrected chi connectivity index (χ2v) is 6.65. The van der Waals surface area contributed by atoms with Gasteiger partial charge in [0.1, 0.15) is 0 Å². The molecule has 3 rings (SSSR count). The van der Waals surface area contributed by atoms with E-state index in [0.717, 1.165) is 48.5 Å². The molecule has 2 bridgehead atoms. The van der Waals surface area contributed by atoms with E-state index in [1.807, 2.05) is 24.3 Å². The number of hydrogen-bond donors (Lipinski definition) is 2. The average molecular weight is 286 g/mol. The highest BCUT2D eigenvalue weighted by atomic mass is 16.1. The number of anilines is 1. The van der Waals surface area contributed by atoms with E-state index in [0.29, 0.717) is 0 Å². The Bertz CT molecular complexity index is 482. The minimum atomic E-state index is 0.0693. The van der Waals surface area contributed by atoms with Crippen LogP contribution >= 0.6 is 0 Å². The Balaban J connectivity index is 1.48. The van der Waals surface area contributed by atoms with Crippen LogP contribution in [0.15, 0.2) is 24.3 Å². The van der Waals surface area contributed by atoms with Crippen LogP contribution in [0.4, 0.5) is 5.69 Å². The van der Waals surface area contributed by atoms with Gasteiger partial charge in [-0.2, -0.15) is 0 Å². The molecule has 0 aliphatic heterocycles. The number of carbonyl (C=O) groups excluding carboxylic acids is 1. The maximum absolute atomic E-state index is 12.2. The zero-order valence-electron chi connectivity index (χ0n) is 12.9. The van der Waals surface area contributed by atoms with Gasteiger partial charge in [-0.3, -0.25) is 4.79 Å². The van der Waals surface area contributed by atoms with Crippen LogP contribution in [0.25, 0.3) is 0 Å². The molecule has 21 heavy (non-hydrogen) atoms. The quantitative estimate of drug-likeness (QED) is 0.837. The lowest BCUT2D eigenvalue weighted by molar-refractivity contribution is 0.0942. The van der Waals surface area contributed by atoms with E-state index in [1.54, 1.807) is 0 Å². The summed E-state index contributed by atoms with van der Waals surface area (Å²) in [6, 6.07) is 7.80. The highest BCUT2D eigenvalue weighted by molar-refractivity contribution is 5.94. The van der Waals surface area contributed by atoms with Crippen LogP contribution in [-0.2, 0) is 0 Å². The fourth-order valence-electron chi connectivity index (χ4n) is 3.96. The molecule has 2 fully saturated rings. The topological polar surface area (TPSA) is 41.1 Å². The van der Waals surface area contributed by atoms with Gasteiger partial charge in [0.2, 0.25) is 0 Å². The molecule has 2 aliphatic rings. The van der Waals surface area contributed by atoms with Crippen molar-refractivity contribution in [1.82, 2.24) is 5.32 Å². The van der Waals surface area contributed by atoms with Crippen LogP contribution in [0.5, 0.6) is 0 Å². The third-order valence-electron chi connectivity index (χ3n) is 5.14. The molecule has 2 saturated carbocycles. The Kier molecular flexibility index (Phi) is 4.47. The second-order valence-electron chi connectivity index (χ2n) is 6.65. The van der Waals surface area contributed by atoms with Crippen LogP contribution < -0.4 is 10.6 Å². The van der Waals surface area contributed by atoms with Gasteiger partial charge in [-0.05, 0) is 67.7 Å². The van der Waals surface area contributed by atoms with Crippen LogP contribution in [-0.4, -0.2) is 19.0 Å². The van der Waals surface area contributed by atoms with Gasteiger partial charge in [0.25, 0.3) is 5.91 Å². The van der Waals surface area contributed by atoms with Gasteiger partial charge in [-0.25, -0.2) is 0 Å². The van der Waals surface area contributed by atoms with Gasteiger partial charge in [0, 0.05) is 24.3 Å². The third-order valence-corrected chi connectivity index (χ3v) is 5.14. The van der Waals surface area contributed by atoms with Crippen LogP contribution in [0.3, 0.4) is 0 Å². The van der Waals surface area contributed by atoms with E-state index in [9.17, 15) is 4.79 Å². The van der Waals surface area contributed by atoms with Crippen molar-refractivity contribution >= 4 is 11.6 Å². The summed E-state index contributed by atoms with van der Waals surface area (Å²) in [4.78, 5) is 12.2. The first-order valence-corrected chi connectivity index (χ1v) is 8.38. The minimum Gasteiger partial charge on any atom is -0.385 e. The summed E-state index contributed by atoms with van der Waals surface area (Å²) in [6.07, 6.45) is 6.62.